The summed E-state index contributed by atoms with van der Waals surface area (Å²) in [5, 5.41) is 3.44. The largest absolute Gasteiger partial charge is 0.457 e. The fourth-order valence-corrected chi connectivity index (χ4v) is 2.72. The third-order valence-electron chi connectivity index (χ3n) is 4.38. The fourth-order valence-electron chi connectivity index (χ4n) is 2.72. The van der Waals surface area contributed by atoms with Crippen LogP contribution in [0.5, 0.6) is 11.5 Å². The van der Waals surface area contributed by atoms with Crippen molar-refractivity contribution in [3.8, 4) is 11.5 Å². The Hall–Kier alpha value is -3.22. The molecule has 26 heavy (non-hydrogen) atoms. The van der Waals surface area contributed by atoms with Gasteiger partial charge >= 0.3 is 0 Å². The molecule has 1 fully saturated rings. The SMILES string of the molecule is CNC(=O)c1cc(Oc2ccc3nc(N(C)C4CC4)ncc3c2)ccn1. The lowest BCUT2D eigenvalue weighted by Gasteiger charge is -2.16. The summed E-state index contributed by atoms with van der Waals surface area (Å²) in [7, 11) is 3.60. The first kappa shape index (κ1) is 16.3. The molecule has 1 aliphatic rings. The average Bonchev–Trinajstić information content (AvgIpc) is 3.52. The van der Waals surface area contributed by atoms with Crippen LogP contribution in [0.2, 0.25) is 0 Å². The van der Waals surface area contributed by atoms with Crippen molar-refractivity contribution in [1.82, 2.24) is 20.3 Å². The Kier molecular flexibility index (Phi) is 4.12. The van der Waals surface area contributed by atoms with Crippen LogP contribution in [0.1, 0.15) is 23.3 Å². The van der Waals surface area contributed by atoms with Gasteiger partial charge in [0.2, 0.25) is 5.95 Å². The number of fused-ring (bicyclic) bond motifs is 1. The molecule has 7 nitrogen and oxygen atoms in total. The van der Waals surface area contributed by atoms with E-state index in [0.29, 0.717) is 23.2 Å². The van der Waals surface area contributed by atoms with Gasteiger partial charge in [0.1, 0.15) is 17.2 Å². The predicted molar refractivity (Wildman–Crippen MR) is 98.7 cm³/mol. The number of benzene rings is 1. The standard InChI is InChI=1S/C19H19N5O2/c1-20-18(25)17-10-15(7-8-21-17)26-14-5-6-16-12(9-14)11-22-19(23-16)24(2)13-3-4-13/h5-11,13H,3-4H2,1-2H3,(H,20,25). The molecule has 1 saturated carbocycles. The Morgan fingerprint density at radius 2 is 2.00 bits per heavy atom. The Morgan fingerprint density at radius 1 is 1.19 bits per heavy atom. The maximum absolute atomic E-state index is 11.7. The third-order valence-corrected chi connectivity index (χ3v) is 4.38. The molecule has 2 heterocycles. The van der Waals surface area contributed by atoms with Crippen molar-refractivity contribution < 1.29 is 9.53 Å². The van der Waals surface area contributed by atoms with Crippen molar-refractivity contribution in [3.63, 3.8) is 0 Å². The zero-order valence-corrected chi connectivity index (χ0v) is 14.6. The highest BCUT2D eigenvalue weighted by molar-refractivity contribution is 5.92. The van der Waals surface area contributed by atoms with Crippen LogP contribution >= 0.6 is 0 Å². The highest BCUT2D eigenvalue weighted by Crippen LogP contribution is 2.30. The normalized spacial score (nSPS) is 13.5. The molecule has 0 saturated heterocycles. The summed E-state index contributed by atoms with van der Waals surface area (Å²) < 4.78 is 5.86. The average molecular weight is 349 g/mol. The number of carbonyl (C=O) groups is 1. The molecule has 0 bridgehead atoms. The molecule has 1 N–H and O–H groups in total. The summed E-state index contributed by atoms with van der Waals surface area (Å²) >= 11 is 0. The zero-order valence-electron chi connectivity index (χ0n) is 14.6. The van der Waals surface area contributed by atoms with Gasteiger partial charge in [0.15, 0.2) is 0 Å². The van der Waals surface area contributed by atoms with Gasteiger partial charge in [-0.15, -0.1) is 0 Å². The van der Waals surface area contributed by atoms with Gasteiger partial charge < -0.3 is 15.0 Å². The number of carbonyl (C=O) groups excluding carboxylic acids is 1. The molecule has 132 valence electrons. The first-order valence-corrected chi connectivity index (χ1v) is 8.49. The summed E-state index contributed by atoms with van der Waals surface area (Å²) in [5.41, 5.74) is 1.18. The van der Waals surface area contributed by atoms with Gasteiger partial charge in [-0.25, -0.2) is 9.97 Å². The lowest BCUT2D eigenvalue weighted by molar-refractivity contribution is 0.0958. The maximum atomic E-state index is 11.7. The number of nitrogens with zero attached hydrogens (tertiary/aromatic N) is 4. The second-order valence-corrected chi connectivity index (χ2v) is 6.29. The molecule has 0 spiro atoms. The van der Waals surface area contributed by atoms with Gasteiger partial charge in [-0.3, -0.25) is 9.78 Å². The molecule has 2 aromatic heterocycles. The molecule has 1 aliphatic carbocycles. The van der Waals surface area contributed by atoms with E-state index in [-0.39, 0.29) is 5.91 Å². The Labute approximate surface area is 151 Å². The lowest BCUT2D eigenvalue weighted by Crippen LogP contribution is -2.21. The molecule has 4 rings (SSSR count). The molecule has 0 atom stereocenters. The van der Waals surface area contributed by atoms with E-state index >= 15 is 0 Å². The van der Waals surface area contributed by atoms with Crippen molar-refractivity contribution in [2.45, 2.75) is 18.9 Å². The molecule has 0 aliphatic heterocycles. The van der Waals surface area contributed by atoms with Crippen molar-refractivity contribution in [1.29, 1.82) is 0 Å². The van der Waals surface area contributed by atoms with Gasteiger partial charge in [0.05, 0.1) is 5.52 Å². The minimum absolute atomic E-state index is 0.255. The molecule has 0 unspecified atom stereocenters. The first-order valence-electron chi connectivity index (χ1n) is 8.49. The topological polar surface area (TPSA) is 80.2 Å². The number of amides is 1. The molecular formula is C19H19N5O2. The van der Waals surface area contributed by atoms with E-state index in [1.54, 1.807) is 25.4 Å². The summed E-state index contributed by atoms with van der Waals surface area (Å²) in [6.07, 6.45) is 5.76. The lowest BCUT2D eigenvalue weighted by atomic mass is 10.2. The number of hydrogen-bond acceptors (Lipinski definition) is 6. The zero-order chi connectivity index (χ0) is 18.1. The van der Waals surface area contributed by atoms with E-state index in [2.05, 4.69) is 25.2 Å². The molecule has 0 radical (unpaired) electrons. The van der Waals surface area contributed by atoms with Crippen molar-refractivity contribution >= 4 is 22.8 Å². The number of nitrogens with one attached hydrogen (secondary N) is 1. The highest BCUT2D eigenvalue weighted by atomic mass is 16.5. The molecule has 7 heteroatoms. The molecule has 1 amide bonds. The van der Waals surface area contributed by atoms with Crippen LogP contribution < -0.4 is 15.0 Å². The van der Waals surface area contributed by atoms with Gasteiger partial charge in [-0.05, 0) is 37.1 Å². The highest BCUT2D eigenvalue weighted by Gasteiger charge is 2.27. The number of anilines is 1. The minimum Gasteiger partial charge on any atom is -0.457 e. The van der Waals surface area contributed by atoms with E-state index in [1.807, 2.05) is 31.4 Å². The number of rotatable bonds is 5. The second kappa shape index (κ2) is 6.59. The smallest absolute Gasteiger partial charge is 0.269 e. The summed E-state index contributed by atoms with van der Waals surface area (Å²) in [6.45, 7) is 0. The van der Waals surface area contributed by atoms with Crippen molar-refractivity contribution in [3.05, 3.63) is 48.4 Å². The van der Waals surface area contributed by atoms with E-state index in [4.69, 9.17) is 4.74 Å². The molecule has 3 aromatic rings. The number of ether oxygens (including phenoxy) is 1. The number of pyridine rings is 1. The van der Waals surface area contributed by atoms with Crippen LogP contribution in [-0.2, 0) is 0 Å². The number of hydrogen-bond donors (Lipinski definition) is 1. The van der Waals surface area contributed by atoms with Crippen molar-refractivity contribution in [2.75, 3.05) is 19.0 Å². The monoisotopic (exact) mass is 349 g/mol. The van der Waals surface area contributed by atoms with Gasteiger partial charge in [0, 0.05) is 44.0 Å². The van der Waals surface area contributed by atoms with Crippen LogP contribution in [0, 0.1) is 0 Å². The van der Waals surface area contributed by atoms with Gasteiger partial charge in [-0.2, -0.15) is 0 Å². The summed E-state index contributed by atoms with van der Waals surface area (Å²) in [6, 6.07) is 9.54. The van der Waals surface area contributed by atoms with E-state index < -0.39 is 0 Å². The Morgan fingerprint density at radius 3 is 2.77 bits per heavy atom. The van der Waals surface area contributed by atoms with Crippen LogP contribution in [0.25, 0.3) is 10.9 Å². The van der Waals surface area contributed by atoms with Crippen molar-refractivity contribution in [2.24, 2.45) is 0 Å². The summed E-state index contributed by atoms with van der Waals surface area (Å²) in [4.78, 5) is 26.9. The molecule has 1 aromatic carbocycles. The van der Waals surface area contributed by atoms with Crippen LogP contribution in [0.4, 0.5) is 5.95 Å². The van der Waals surface area contributed by atoms with Crippen LogP contribution in [0.15, 0.2) is 42.7 Å². The minimum atomic E-state index is -0.255. The Bertz CT molecular complexity index is 971. The van der Waals surface area contributed by atoms with E-state index in [9.17, 15) is 4.79 Å². The van der Waals surface area contributed by atoms with Crippen LogP contribution in [0.3, 0.4) is 0 Å². The maximum Gasteiger partial charge on any atom is 0.269 e. The number of aromatic nitrogens is 3. The summed E-state index contributed by atoms with van der Waals surface area (Å²) in [5.74, 6) is 1.69. The second-order valence-electron chi connectivity index (χ2n) is 6.29. The molecular weight excluding hydrogens is 330 g/mol. The predicted octanol–water partition coefficient (Wildman–Crippen LogP) is 2.78. The Balaban J connectivity index is 1.57. The first-order chi connectivity index (χ1) is 12.6. The van der Waals surface area contributed by atoms with Crippen LogP contribution in [-0.4, -0.2) is 41.0 Å². The fraction of sp³-hybridized carbons (Fsp3) is 0.263. The third kappa shape index (κ3) is 3.28. The van der Waals surface area contributed by atoms with E-state index in [0.717, 1.165) is 16.9 Å². The van der Waals surface area contributed by atoms with E-state index in [1.165, 1.54) is 12.8 Å². The van der Waals surface area contributed by atoms with Gasteiger partial charge in [0.25, 0.3) is 5.91 Å². The van der Waals surface area contributed by atoms with Gasteiger partial charge in [-0.1, -0.05) is 0 Å². The quantitative estimate of drug-likeness (QED) is 0.763.